The van der Waals surface area contributed by atoms with Crippen molar-refractivity contribution in [1.29, 1.82) is 0 Å². The molecular formula is C17H23N3O5. The van der Waals surface area contributed by atoms with Crippen molar-refractivity contribution >= 4 is 11.6 Å². The van der Waals surface area contributed by atoms with Gasteiger partial charge in [0.1, 0.15) is 0 Å². The van der Waals surface area contributed by atoms with Crippen molar-refractivity contribution in [3.63, 3.8) is 0 Å². The van der Waals surface area contributed by atoms with Gasteiger partial charge in [-0.2, -0.15) is 0 Å². The molecule has 0 aromatic carbocycles. The maximum atomic E-state index is 11.5. The van der Waals surface area contributed by atoms with Crippen molar-refractivity contribution in [3.05, 3.63) is 40.3 Å². The van der Waals surface area contributed by atoms with E-state index < -0.39 is 23.0 Å². The Kier molecular flexibility index (Phi) is 4.74. The minimum absolute atomic E-state index is 0.187. The molecule has 0 aliphatic heterocycles. The third kappa shape index (κ3) is 3.89. The first-order valence-electron chi connectivity index (χ1n) is 7.92. The van der Waals surface area contributed by atoms with Crippen molar-refractivity contribution in [2.24, 2.45) is 5.41 Å². The molecule has 0 saturated heterocycles. The molecule has 0 fully saturated rings. The minimum Gasteiger partial charge on any atom is -0.478 e. The van der Waals surface area contributed by atoms with E-state index in [2.05, 4.69) is 4.98 Å². The summed E-state index contributed by atoms with van der Waals surface area (Å²) in [5.74, 6) is -0.731. The molecule has 2 aromatic rings. The lowest BCUT2D eigenvalue weighted by atomic mass is 9.89. The van der Waals surface area contributed by atoms with Gasteiger partial charge < -0.3 is 14.2 Å². The smallest absolute Gasteiger partial charge is 0.345 e. The maximum absolute atomic E-state index is 11.5. The first-order valence-corrected chi connectivity index (χ1v) is 7.92. The Morgan fingerprint density at radius 2 is 2.04 bits per heavy atom. The van der Waals surface area contributed by atoms with Crippen LogP contribution in [0.25, 0.3) is 5.65 Å². The van der Waals surface area contributed by atoms with Gasteiger partial charge in [-0.15, -0.1) is 0 Å². The van der Waals surface area contributed by atoms with E-state index in [0.717, 1.165) is 0 Å². The Morgan fingerprint density at radius 1 is 1.40 bits per heavy atom. The Hall–Kier alpha value is -2.64. The molecule has 1 N–H and O–H groups in total. The molecule has 0 aliphatic carbocycles. The third-order valence-electron chi connectivity index (χ3n) is 3.94. The van der Waals surface area contributed by atoms with Crippen molar-refractivity contribution in [3.8, 4) is 5.75 Å². The van der Waals surface area contributed by atoms with Crippen LogP contribution >= 0.6 is 0 Å². The second-order valence-corrected chi connectivity index (χ2v) is 7.76. The van der Waals surface area contributed by atoms with Crippen LogP contribution in [0.3, 0.4) is 0 Å². The predicted molar refractivity (Wildman–Crippen MR) is 91.5 cm³/mol. The number of rotatable bonds is 6. The van der Waals surface area contributed by atoms with Gasteiger partial charge in [-0.25, -0.2) is 9.78 Å². The van der Waals surface area contributed by atoms with Crippen molar-refractivity contribution in [2.45, 2.75) is 52.7 Å². The van der Waals surface area contributed by atoms with Gasteiger partial charge in [0.15, 0.2) is 11.4 Å². The number of aromatic nitrogens is 2. The number of carboxylic acids is 1. The fraction of sp³-hybridized carbons (Fsp3) is 0.529. The van der Waals surface area contributed by atoms with Crippen LogP contribution in [-0.4, -0.2) is 37.0 Å². The Labute approximate surface area is 145 Å². The highest BCUT2D eigenvalue weighted by Crippen LogP contribution is 2.28. The van der Waals surface area contributed by atoms with E-state index in [1.54, 1.807) is 63.5 Å². The van der Waals surface area contributed by atoms with E-state index >= 15 is 0 Å². The molecule has 0 bridgehead atoms. The number of nitro groups is 1. The summed E-state index contributed by atoms with van der Waals surface area (Å²) < 4.78 is 7.42. The predicted octanol–water partition coefficient (Wildman–Crippen LogP) is 2.81. The average Bonchev–Trinajstić information content (AvgIpc) is 2.86. The van der Waals surface area contributed by atoms with Crippen LogP contribution in [0.4, 0.5) is 0 Å². The molecule has 2 aromatic heterocycles. The van der Waals surface area contributed by atoms with Gasteiger partial charge in [0.05, 0.1) is 6.42 Å². The molecular weight excluding hydrogens is 326 g/mol. The zero-order valence-corrected chi connectivity index (χ0v) is 15.0. The summed E-state index contributed by atoms with van der Waals surface area (Å²) in [5, 5.41) is 20.6. The molecule has 0 aliphatic rings. The van der Waals surface area contributed by atoms with Crippen LogP contribution < -0.4 is 4.74 Å². The third-order valence-corrected chi connectivity index (χ3v) is 3.94. The van der Waals surface area contributed by atoms with Gasteiger partial charge >= 0.3 is 5.97 Å². The highest BCUT2D eigenvalue weighted by molar-refractivity contribution is 5.74. The fourth-order valence-corrected chi connectivity index (χ4v) is 2.49. The average molecular weight is 349 g/mol. The maximum Gasteiger partial charge on any atom is 0.345 e. The number of hydrogen-bond acceptors (Lipinski definition) is 5. The molecule has 2 heterocycles. The van der Waals surface area contributed by atoms with Gasteiger partial charge in [0.25, 0.3) is 0 Å². The summed E-state index contributed by atoms with van der Waals surface area (Å²) in [4.78, 5) is 26.6. The summed E-state index contributed by atoms with van der Waals surface area (Å²) in [6.45, 7) is 8.44. The van der Waals surface area contributed by atoms with Crippen LogP contribution in [0.1, 0.15) is 40.3 Å². The normalized spacial score (nSPS) is 13.6. The number of ether oxygens (including phenoxy) is 1. The highest BCUT2D eigenvalue weighted by atomic mass is 16.6. The number of hydrogen-bond donors (Lipinski definition) is 1. The second kappa shape index (κ2) is 6.34. The van der Waals surface area contributed by atoms with Gasteiger partial charge in [-0.05, 0) is 12.1 Å². The summed E-state index contributed by atoms with van der Waals surface area (Å²) in [5.41, 5.74) is -0.652. The largest absolute Gasteiger partial charge is 0.478 e. The van der Waals surface area contributed by atoms with Crippen LogP contribution in [0, 0.1) is 15.5 Å². The van der Waals surface area contributed by atoms with Crippen LogP contribution in [0.5, 0.6) is 5.75 Å². The lowest BCUT2D eigenvalue weighted by Crippen LogP contribution is -2.39. The van der Waals surface area contributed by atoms with Gasteiger partial charge in [-0.3, -0.25) is 10.1 Å². The van der Waals surface area contributed by atoms with Crippen molar-refractivity contribution in [1.82, 2.24) is 9.38 Å². The van der Waals surface area contributed by atoms with Crippen molar-refractivity contribution < 1.29 is 19.6 Å². The summed E-state index contributed by atoms with van der Waals surface area (Å²) in [7, 11) is 0. The standard InChI is InChI=1S/C17H23N3O5/c1-16(2,3)13(15(21)22)25-12-7-6-8-19-11(10-18-14(12)19)9-17(4,5)20(23)24/h6-8,10,13H,9H2,1-5H3,(H,21,22). The molecule has 25 heavy (non-hydrogen) atoms. The Bertz CT molecular complexity index is 804. The van der Waals surface area contributed by atoms with Crippen LogP contribution in [-0.2, 0) is 11.2 Å². The molecule has 0 amide bonds. The van der Waals surface area contributed by atoms with E-state index in [4.69, 9.17) is 4.74 Å². The van der Waals surface area contributed by atoms with E-state index in [9.17, 15) is 20.0 Å². The molecule has 136 valence electrons. The summed E-state index contributed by atoms with van der Waals surface area (Å²) >= 11 is 0. The summed E-state index contributed by atoms with van der Waals surface area (Å²) in [6, 6.07) is 3.35. The number of imidazole rings is 1. The zero-order chi connectivity index (χ0) is 19.0. The van der Waals surface area contributed by atoms with Crippen LogP contribution in [0.2, 0.25) is 0 Å². The number of carboxylic acid groups (broad SMARTS) is 1. The quantitative estimate of drug-likeness (QED) is 0.635. The molecule has 1 atom stereocenters. The molecule has 1 unspecified atom stereocenters. The molecule has 0 radical (unpaired) electrons. The molecule has 0 spiro atoms. The number of aliphatic carboxylic acids is 1. The lowest BCUT2D eigenvalue weighted by molar-refractivity contribution is -0.560. The topological polar surface area (TPSA) is 107 Å². The first kappa shape index (κ1) is 18.7. The molecule has 2 rings (SSSR count). The van der Waals surface area contributed by atoms with Gasteiger partial charge in [-0.1, -0.05) is 20.8 Å². The minimum atomic E-state index is -1.14. The monoisotopic (exact) mass is 349 g/mol. The molecule has 0 saturated carbocycles. The molecule has 8 nitrogen and oxygen atoms in total. The number of nitrogens with zero attached hydrogens (tertiary/aromatic N) is 3. The lowest BCUT2D eigenvalue weighted by Gasteiger charge is -2.27. The number of fused-ring (bicyclic) bond motifs is 1. The first-order chi connectivity index (χ1) is 11.4. The number of pyridine rings is 1. The number of carbonyl (C=O) groups is 1. The second-order valence-electron chi connectivity index (χ2n) is 7.76. The van der Waals surface area contributed by atoms with E-state index in [0.29, 0.717) is 17.1 Å². The van der Waals surface area contributed by atoms with E-state index in [1.807, 2.05) is 0 Å². The van der Waals surface area contributed by atoms with Crippen LogP contribution in [0.15, 0.2) is 24.5 Å². The summed E-state index contributed by atoms with van der Waals surface area (Å²) in [6.07, 6.45) is 2.43. The van der Waals surface area contributed by atoms with E-state index in [-0.39, 0.29) is 11.3 Å². The SMILES string of the molecule is CC(C)(C)C(Oc1cccn2c(CC(C)(C)[N+](=O)[O-])cnc12)C(=O)O. The van der Waals surface area contributed by atoms with Gasteiger partial charge in [0, 0.05) is 42.3 Å². The highest BCUT2D eigenvalue weighted by Gasteiger charge is 2.35. The molecule has 8 heteroatoms. The Morgan fingerprint density at radius 3 is 2.56 bits per heavy atom. The zero-order valence-electron chi connectivity index (χ0n) is 15.0. The Balaban J connectivity index is 2.42. The van der Waals surface area contributed by atoms with Gasteiger partial charge in [0.2, 0.25) is 11.6 Å². The van der Waals surface area contributed by atoms with E-state index in [1.165, 1.54) is 0 Å². The van der Waals surface area contributed by atoms with Crippen molar-refractivity contribution in [2.75, 3.05) is 0 Å². The fourth-order valence-electron chi connectivity index (χ4n) is 2.49.